The third kappa shape index (κ3) is 3.57. The fourth-order valence-electron chi connectivity index (χ4n) is 1.86. The summed E-state index contributed by atoms with van der Waals surface area (Å²) < 4.78 is 5.87. The van der Waals surface area contributed by atoms with Crippen LogP contribution in [0.1, 0.15) is 17.2 Å². The highest BCUT2D eigenvalue weighted by molar-refractivity contribution is 5.30. The lowest BCUT2D eigenvalue weighted by molar-refractivity contribution is 0.214. The van der Waals surface area contributed by atoms with E-state index in [9.17, 15) is 0 Å². The van der Waals surface area contributed by atoms with Crippen LogP contribution in [-0.2, 0) is 6.42 Å². The van der Waals surface area contributed by atoms with E-state index in [0.717, 1.165) is 16.9 Å². The fourth-order valence-corrected chi connectivity index (χ4v) is 1.86. The Balaban J connectivity index is 2.09. The van der Waals surface area contributed by atoms with Crippen molar-refractivity contribution in [3.8, 4) is 11.8 Å². The molecule has 0 aromatic heterocycles. The van der Waals surface area contributed by atoms with Crippen LogP contribution in [0.4, 0.5) is 0 Å². The predicted molar refractivity (Wildman–Crippen MR) is 74.6 cm³/mol. The number of rotatable bonds is 5. The number of hydrogen-bond acceptors (Lipinski definition) is 3. The van der Waals surface area contributed by atoms with Crippen LogP contribution < -0.4 is 10.5 Å². The van der Waals surface area contributed by atoms with Crippen molar-refractivity contribution >= 4 is 0 Å². The Bertz CT molecular complexity index is 543. The Morgan fingerprint density at radius 2 is 1.74 bits per heavy atom. The number of nitrogens with zero attached hydrogens (tertiary/aromatic N) is 1. The topological polar surface area (TPSA) is 59.0 Å². The lowest BCUT2D eigenvalue weighted by Gasteiger charge is -2.17. The fraction of sp³-hybridized carbons (Fsp3) is 0.188. The summed E-state index contributed by atoms with van der Waals surface area (Å²) in [5.41, 5.74) is 7.81. The summed E-state index contributed by atoms with van der Waals surface area (Å²) in [5.74, 6) is 0.765. The molecule has 3 heteroatoms. The second-order valence-corrected chi connectivity index (χ2v) is 4.23. The number of ether oxygens (including phenoxy) is 1. The van der Waals surface area contributed by atoms with E-state index >= 15 is 0 Å². The molecule has 19 heavy (non-hydrogen) atoms. The monoisotopic (exact) mass is 252 g/mol. The van der Waals surface area contributed by atoms with Gasteiger partial charge >= 0.3 is 0 Å². The van der Waals surface area contributed by atoms with Gasteiger partial charge in [0, 0.05) is 6.54 Å². The second kappa shape index (κ2) is 6.58. The highest BCUT2D eigenvalue weighted by atomic mass is 16.5. The third-order valence-corrected chi connectivity index (χ3v) is 2.87. The number of nitrogens with two attached hydrogens (primary N) is 1. The Morgan fingerprint density at radius 3 is 2.32 bits per heavy atom. The molecule has 3 nitrogen and oxygen atoms in total. The molecule has 0 heterocycles. The molecule has 96 valence electrons. The first kappa shape index (κ1) is 13.1. The first-order chi connectivity index (χ1) is 9.33. The van der Waals surface area contributed by atoms with Crippen molar-refractivity contribution in [2.45, 2.75) is 12.5 Å². The standard InChI is InChI=1S/C16H16N2O/c17-11-10-13-6-8-15(9-7-13)19-16(12-18)14-4-2-1-3-5-14/h1-9,16H,10,12,18H2. The minimum atomic E-state index is -0.150. The second-order valence-electron chi connectivity index (χ2n) is 4.23. The number of hydrogen-bond donors (Lipinski definition) is 1. The maximum Gasteiger partial charge on any atom is 0.136 e. The molecule has 0 saturated carbocycles. The van der Waals surface area contributed by atoms with Crippen LogP contribution in [0.2, 0.25) is 0 Å². The lowest BCUT2D eigenvalue weighted by atomic mass is 10.1. The van der Waals surface area contributed by atoms with Crippen LogP contribution >= 0.6 is 0 Å². The summed E-state index contributed by atoms with van der Waals surface area (Å²) in [6.45, 7) is 0.421. The van der Waals surface area contributed by atoms with Gasteiger partial charge in [0.1, 0.15) is 11.9 Å². The molecule has 0 aliphatic rings. The van der Waals surface area contributed by atoms with Gasteiger partial charge in [-0.3, -0.25) is 0 Å². The van der Waals surface area contributed by atoms with Gasteiger partial charge in [-0.25, -0.2) is 0 Å². The van der Waals surface area contributed by atoms with Crippen molar-refractivity contribution in [1.29, 1.82) is 5.26 Å². The first-order valence-corrected chi connectivity index (χ1v) is 6.21. The van der Waals surface area contributed by atoms with Gasteiger partial charge in [0.25, 0.3) is 0 Å². The Kier molecular flexibility index (Phi) is 4.54. The zero-order valence-corrected chi connectivity index (χ0v) is 10.6. The van der Waals surface area contributed by atoms with E-state index in [4.69, 9.17) is 15.7 Å². The van der Waals surface area contributed by atoms with Gasteiger partial charge in [-0.1, -0.05) is 42.5 Å². The average molecular weight is 252 g/mol. The number of benzene rings is 2. The molecule has 1 unspecified atom stereocenters. The molecule has 0 amide bonds. The van der Waals surface area contributed by atoms with Crippen molar-refractivity contribution in [1.82, 2.24) is 0 Å². The molecule has 0 aliphatic carbocycles. The summed E-state index contributed by atoms with van der Waals surface area (Å²) in [7, 11) is 0. The molecular weight excluding hydrogens is 236 g/mol. The van der Waals surface area contributed by atoms with E-state index in [1.165, 1.54) is 0 Å². The smallest absolute Gasteiger partial charge is 0.136 e. The molecule has 0 radical (unpaired) electrons. The summed E-state index contributed by atoms with van der Waals surface area (Å²) in [6, 6.07) is 19.6. The van der Waals surface area contributed by atoms with Crippen LogP contribution in [0.3, 0.4) is 0 Å². The van der Waals surface area contributed by atoms with Gasteiger partial charge in [-0.2, -0.15) is 5.26 Å². The highest BCUT2D eigenvalue weighted by Gasteiger charge is 2.10. The SMILES string of the molecule is N#CCc1ccc(OC(CN)c2ccccc2)cc1. The minimum absolute atomic E-state index is 0.150. The third-order valence-electron chi connectivity index (χ3n) is 2.87. The van der Waals surface area contributed by atoms with Gasteiger partial charge in [-0.15, -0.1) is 0 Å². The molecule has 0 fully saturated rings. The van der Waals surface area contributed by atoms with Gasteiger partial charge in [0.15, 0.2) is 0 Å². The van der Waals surface area contributed by atoms with Crippen LogP contribution in [-0.4, -0.2) is 6.54 Å². The van der Waals surface area contributed by atoms with Crippen LogP contribution in [0.15, 0.2) is 54.6 Å². The zero-order chi connectivity index (χ0) is 13.5. The summed E-state index contributed by atoms with van der Waals surface area (Å²) >= 11 is 0. The lowest BCUT2D eigenvalue weighted by Crippen LogP contribution is -2.18. The van der Waals surface area contributed by atoms with E-state index < -0.39 is 0 Å². The van der Waals surface area contributed by atoms with Crippen molar-refractivity contribution < 1.29 is 4.74 Å². The Morgan fingerprint density at radius 1 is 1.05 bits per heavy atom. The van der Waals surface area contributed by atoms with Crippen molar-refractivity contribution in [3.63, 3.8) is 0 Å². The zero-order valence-electron chi connectivity index (χ0n) is 10.6. The van der Waals surface area contributed by atoms with Crippen LogP contribution in [0, 0.1) is 11.3 Å². The largest absolute Gasteiger partial charge is 0.484 e. The number of nitriles is 1. The predicted octanol–water partition coefficient (Wildman–Crippen LogP) is 2.83. The summed E-state index contributed by atoms with van der Waals surface area (Å²) in [4.78, 5) is 0. The van der Waals surface area contributed by atoms with Gasteiger partial charge in [-0.05, 0) is 23.3 Å². The van der Waals surface area contributed by atoms with E-state index in [-0.39, 0.29) is 6.10 Å². The molecule has 2 N–H and O–H groups in total. The molecule has 1 atom stereocenters. The quantitative estimate of drug-likeness (QED) is 0.890. The van der Waals surface area contributed by atoms with Gasteiger partial charge < -0.3 is 10.5 Å². The maximum atomic E-state index is 8.62. The summed E-state index contributed by atoms with van der Waals surface area (Å²) in [6.07, 6.45) is 0.266. The molecule has 2 aromatic carbocycles. The normalized spacial score (nSPS) is 11.6. The average Bonchev–Trinajstić information content (AvgIpc) is 2.48. The van der Waals surface area contributed by atoms with Crippen LogP contribution in [0.5, 0.6) is 5.75 Å². The van der Waals surface area contributed by atoms with Crippen LogP contribution in [0.25, 0.3) is 0 Å². The molecule has 0 bridgehead atoms. The van der Waals surface area contributed by atoms with E-state index in [1.807, 2.05) is 54.6 Å². The maximum absolute atomic E-state index is 8.62. The van der Waals surface area contributed by atoms with Gasteiger partial charge in [0.2, 0.25) is 0 Å². The Hall–Kier alpha value is -2.31. The van der Waals surface area contributed by atoms with E-state index in [1.54, 1.807) is 0 Å². The summed E-state index contributed by atoms with van der Waals surface area (Å²) in [5, 5.41) is 8.62. The Labute approximate surface area is 113 Å². The highest BCUT2D eigenvalue weighted by Crippen LogP contribution is 2.21. The molecule has 2 rings (SSSR count). The van der Waals surface area contributed by atoms with E-state index in [0.29, 0.717) is 13.0 Å². The molecule has 0 saturated heterocycles. The van der Waals surface area contributed by atoms with Crippen molar-refractivity contribution in [3.05, 3.63) is 65.7 Å². The minimum Gasteiger partial charge on any atom is -0.484 e. The van der Waals surface area contributed by atoms with Crippen molar-refractivity contribution in [2.75, 3.05) is 6.54 Å². The van der Waals surface area contributed by atoms with Gasteiger partial charge in [0.05, 0.1) is 12.5 Å². The molecule has 0 spiro atoms. The molecule has 0 aliphatic heterocycles. The molecular formula is C16H16N2O. The molecule has 2 aromatic rings. The van der Waals surface area contributed by atoms with Crippen molar-refractivity contribution in [2.24, 2.45) is 5.73 Å². The van der Waals surface area contributed by atoms with E-state index in [2.05, 4.69) is 6.07 Å². The first-order valence-electron chi connectivity index (χ1n) is 6.21.